The molecular weight excluding hydrogens is 266 g/mol. The number of benzene rings is 1. The van der Waals surface area contributed by atoms with Crippen LogP contribution in [0.1, 0.15) is 39.2 Å². The molecule has 1 aliphatic carbocycles. The zero-order chi connectivity index (χ0) is 15.3. The topological polar surface area (TPSA) is 47.6 Å². The van der Waals surface area contributed by atoms with Crippen molar-refractivity contribution >= 4 is 5.97 Å². The standard InChI is InChI=1S/C17H25NO3/c1-4-13-8-6-7-9-15(13)21-12-17(3,16(19)20-5-2)18-14-10-11-14/h6-9,14,18H,4-5,10-12H2,1-3H3. The van der Waals surface area contributed by atoms with Gasteiger partial charge in [0.1, 0.15) is 17.9 Å². The predicted molar refractivity (Wildman–Crippen MR) is 82.5 cm³/mol. The lowest BCUT2D eigenvalue weighted by Gasteiger charge is -2.29. The molecule has 0 amide bonds. The maximum Gasteiger partial charge on any atom is 0.329 e. The number of para-hydroxylation sites is 1. The van der Waals surface area contributed by atoms with Gasteiger partial charge in [0.2, 0.25) is 0 Å². The molecule has 116 valence electrons. The smallest absolute Gasteiger partial charge is 0.329 e. The van der Waals surface area contributed by atoms with Gasteiger partial charge in [0.25, 0.3) is 0 Å². The SMILES string of the molecule is CCOC(=O)C(C)(COc1ccccc1CC)NC1CC1. The van der Waals surface area contributed by atoms with Gasteiger partial charge < -0.3 is 9.47 Å². The molecule has 0 heterocycles. The van der Waals surface area contributed by atoms with Crippen molar-refractivity contribution in [3.8, 4) is 5.75 Å². The van der Waals surface area contributed by atoms with Crippen molar-refractivity contribution < 1.29 is 14.3 Å². The van der Waals surface area contributed by atoms with E-state index in [0.717, 1.165) is 30.6 Å². The fourth-order valence-electron chi connectivity index (χ4n) is 2.29. The van der Waals surface area contributed by atoms with Crippen LogP contribution in [0.2, 0.25) is 0 Å². The minimum absolute atomic E-state index is 0.245. The van der Waals surface area contributed by atoms with Gasteiger partial charge in [-0.15, -0.1) is 0 Å². The van der Waals surface area contributed by atoms with E-state index in [4.69, 9.17) is 9.47 Å². The first-order chi connectivity index (χ1) is 10.1. The summed E-state index contributed by atoms with van der Waals surface area (Å²) in [5, 5.41) is 3.36. The van der Waals surface area contributed by atoms with Crippen molar-refractivity contribution in [1.29, 1.82) is 0 Å². The monoisotopic (exact) mass is 291 g/mol. The Hall–Kier alpha value is -1.55. The molecule has 0 aliphatic heterocycles. The molecule has 1 atom stereocenters. The molecule has 0 aromatic heterocycles. The second kappa shape index (κ2) is 6.94. The van der Waals surface area contributed by atoms with E-state index < -0.39 is 5.54 Å². The second-order valence-corrected chi connectivity index (χ2v) is 5.72. The van der Waals surface area contributed by atoms with Crippen LogP contribution in [0.15, 0.2) is 24.3 Å². The van der Waals surface area contributed by atoms with Crippen LogP contribution >= 0.6 is 0 Å². The van der Waals surface area contributed by atoms with E-state index in [2.05, 4.69) is 12.2 Å². The van der Waals surface area contributed by atoms with Gasteiger partial charge in [0, 0.05) is 6.04 Å². The molecule has 1 N–H and O–H groups in total. The average molecular weight is 291 g/mol. The van der Waals surface area contributed by atoms with Crippen molar-refractivity contribution in [3.05, 3.63) is 29.8 Å². The van der Waals surface area contributed by atoms with Crippen molar-refractivity contribution in [2.45, 2.75) is 51.6 Å². The zero-order valence-electron chi connectivity index (χ0n) is 13.1. The van der Waals surface area contributed by atoms with Crippen LogP contribution in [0.25, 0.3) is 0 Å². The maximum atomic E-state index is 12.2. The van der Waals surface area contributed by atoms with Gasteiger partial charge in [-0.25, -0.2) is 4.79 Å². The van der Waals surface area contributed by atoms with Crippen LogP contribution in [-0.4, -0.2) is 30.8 Å². The summed E-state index contributed by atoms with van der Waals surface area (Å²) in [7, 11) is 0. The molecular formula is C17H25NO3. The predicted octanol–water partition coefficient (Wildman–Crippen LogP) is 2.70. The molecule has 1 fully saturated rings. The van der Waals surface area contributed by atoms with Gasteiger partial charge in [-0.05, 0) is 44.7 Å². The molecule has 0 radical (unpaired) electrons. The van der Waals surface area contributed by atoms with Gasteiger partial charge in [-0.1, -0.05) is 25.1 Å². The number of esters is 1. The van der Waals surface area contributed by atoms with Crippen LogP contribution in [0.4, 0.5) is 0 Å². The fraction of sp³-hybridized carbons (Fsp3) is 0.588. The molecule has 1 saturated carbocycles. The highest BCUT2D eigenvalue weighted by molar-refractivity contribution is 5.80. The highest BCUT2D eigenvalue weighted by atomic mass is 16.5. The van der Waals surface area contributed by atoms with Crippen LogP contribution in [0, 0.1) is 0 Å². The fourth-order valence-corrected chi connectivity index (χ4v) is 2.29. The van der Waals surface area contributed by atoms with E-state index in [0.29, 0.717) is 12.6 Å². The average Bonchev–Trinajstić information content (AvgIpc) is 3.29. The molecule has 21 heavy (non-hydrogen) atoms. The van der Waals surface area contributed by atoms with E-state index in [1.54, 1.807) is 0 Å². The van der Waals surface area contributed by atoms with Crippen molar-refractivity contribution in [3.63, 3.8) is 0 Å². The number of ether oxygens (including phenoxy) is 2. The number of carbonyl (C=O) groups excluding carboxylic acids is 1. The van der Waals surface area contributed by atoms with Crippen molar-refractivity contribution in [1.82, 2.24) is 5.32 Å². The Morgan fingerprint density at radius 2 is 2.05 bits per heavy atom. The summed E-state index contributed by atoms with van der Waals surface area (Å²) in [6.07, 6.45) is 3.13. The normalized spacial score (nSPS) is 17.1. The molecule has 1 unspecified atom stereocenters. The van der Waals surface area contributed by atoms with Crippen molar-refractivity contribution in [2.24, 2.45) is 0 Å². The van der Waals surface area contributed by atoms with E-state index >= 15 is 0 Å². The lowest BCUT2D eigenvalue weighted by molar-refractivity contribution is -0.152. The summed E-state index contributed by atoms with van der Waals surface area (Å²) in [6, 6.07) is 8.35. The minimum atomic E-state index is -0.794. The molecule has 1 aliphatic rings. The van der Waals surface area contributed by atoms with E-state index in [9.17, 15) is 4.79 Å². The Labute approximate surface area is 126 Å². The first kappa shape index (κ1) is 15.8. The van der Waals surface area contributed by atoms with Gasteiger partial charge in [-0.3, -0.25) is 5.32 Å². The molecule has 0 spiro atoms. The Morgan fingerprint density at radius 3 is 2.67 bits per heavy atom. The first-order valence-corrected chi connectivity index (χ1v) is 7.74. The van der Waals surface area contributed by atoms with E-state index in [1.807, 2.05) is 38.1 Å². The molecule has 1 aromatic rings. The Balaban J connectivity index is 2.05. The number of hydrogen-bond donors (Lipinski definition) is 1. The van der Waals surface area contributed by atoms with Crippen LogP contribution in [0.5, 0.6) is 5.75 Å². The summed E-state index contributed by atoms with van der Waals surface area (Å²) >= 11 is 0. The van der Waals surface area contributed by atoms with Crippen LogP contribution < -0.4 is 10.1 Å². The summed E-state index contributed by atoms with van der Waals surface area (Å²) in [6.45, 7) is 6.43. The van der Waals surface area contributed by atoms with Crippen molar-refractivity contribution in [2.75, 3.05) is 13.2 Å². The van der Waals surface area contributed by atoms with Crippen LogP contribution in [-0.2, 0) is 16.0 Å². The third-order valence-corrected chi connectivity index (χ3v) is 3.70. The largest absolute Gasteiger partial charge is 0.491 e. The lowest BCUT2D eigenvalue weighted by atomic mass is 10.0. The molecule has 0 saturated heterocycles. The zero-order valence-corrected chi connectivity index (χ0v) is 13.1. The summed E-state index contributed by atoms with van der Waals surface area (Å²) < 4.78 is 11.1. The Bertz CT molecular complexity index is 485. The summed E-state index contributed by atoms with van der Waals surface area (Å²) in [5.41, 5.74) is 0.355. The van der Waals surface area contributed by atoms with E-state index in [1.165, 1.54) is 0 Å². The first-order valence-electron chi connectivity index (χ1n) is 7.74. The third-order valence-electron chi connectivity index (χ3n) is 3.70. The summed E-state index contributed by atoms with van der Waals surface area (Å²) in [4.78, 5) is 12.2. The highest BCUT2D eigenvalue weighted by Crippen LogP contribution is 2.25. The molecule has 0 bridgehead atoms. The number of aryl methyl sites for hydroxylation is 1. The molecule has 2 rings (SSSR count). The quantitative estimate of drug-likeness (QED) is 0.748. The third kappa shape index (κ3) is 4.21. The number of hydrogen-bond acceptors (Lipinski definition) is 4. The Kier molecular flexibility index (Phi) is 5.23. The summed E-state index contributed by atoms with van der Waals surface area (Å²) in [5.74, 6) is 0.596. The minimum Gasteiger partial charge on any atom is -0.491 e. The number of nitrogens with one attached hydrogen (secondary N) is 1. The van der Waals surface area contributed by atoms with Gasteiger partial charge in [0.05, 0.1) is 6.61 Å². The molecule has 1 aromatic carbocycles. The van der Waals surface area contributed by atoms with Gasteiger partial charge >= 0.3 is 5.97 Å². The van der Waals surface area contributed by atoms with Gasteiger partial charge in [-0.2, -0.15) is 0 Å². The van der Waals surface area contributed by atoms with Gasteiger partial charge in [0.15, 0.2) is 0 Å². The lowest BCUT2D eigenvalue weighted by Crippen LogP contribution is -2.55. The molecule has 4 heteroatoms. The van der Waals surface area contributed by atoms with E-state index in [-0.39, 0.29) is 12.6 Å². The highest BCUT2D eigenvalue weighted by Gasteiger charge is 2.40. The number of carbonyl (C=O) groups is 1. The second-order valence-electron chi connectivity index (χ2n) is 5.72. The van der Waals surface area contributed by atoms with Crippen LogP contribution in [0.3, 0.4) is 0 Å². The Morgan fingerprint density at radius 1 is 1.33 bits per heavy atom. The maximum absolute atomic E-state index is 12.2. The number of rotatable bonds is 8. The molecule has 4 nitrogen and oxygen atoms in total.